The van der Waals surface area contributed by atoms with Crippen LogP contribution in [0.2, 0.25) is 0 Å². The van der Waals surface area contributed by atoms with E-state index in [0.717, 1.165) is 45.7 Å². The lowest BCUT2D eigenvalue weighted by Crippen LogP contribution is -2.15. The molecule has 1 unspecified atom stereocenters. The lowest BCUT2D eigenvalue weighted by atomic mass is 10.0. The van der Waals surface area contributed by atoms with Crippen LogP contribution in [-0.2, 0) is 4.79 Å². The number of amides is 1. The average Bonchev–Trinajstić information content (AvgIpc) is 3.20. The first-order valence-corrected chi connectivity index (χ1v) is 10.0. The Morgan fingerprint density at radius 1 is 1.46 bits per heavy atom. The molecule has 1 atom stereocenters. The average molecular weight is 362 g/mol. The van der Waals surface area contributed by atoms with Gasteiger partial charge in [0, 0.05) is 28.1 Å². The fourth-order valence-electron chi connectivity index (χ4n) is 2.83. The summed E-state index contributed by atoms with van der Waals surface area (Å²) < 4.78 is 1.05. The van der Waals surface area contributed by atoms with Gasteiger partial charge in [0.1, 0.15) is 0 Å². The van der Waals surface area contributed by atoms with Crippen LogP contribution in [0.4, 0.5) is 5.69 Å². The number of benzene rings is 1. The van der Waals surface area contributed by atoms with E-state index in [1.165, 1.54) is 6.42 Å². The maximum Gasteiger partial charge on any atom is 0.224 e. The second kappa shape index (κ2) is 8.14. The lowest BCUT2D eigenvalue weighted by molar-refractivity contribution is -0.116. The Labute approximate surface area is 151 Å². The van der Waals surface area contributed by atoms with Gasteiger partial charge in [-0.15, -0.1) is 11.3 Å². The summed E-state index contributed by atoms with van der Waals surface area (Å²) in [5.41, 5.74) is 3.05. The number of carbonyl (C=O) groups is 1. The van der Waals surface area contributed by atoms with Gasteiger partial charge in [-0.1, -0.05) is 11.8 Å². The molecule has 2 heterocycles. The van der Waals surface area contributed by atoms with Crippen molar-refractivity contribution in [2.75, 3.05) is 18.4 Å². The Morgan fingerprint density at radius 2 is 2.33 bits per heavy atom. The zero-order valence-electron chi connectivity index (χ0n) is 14.1. The molecule has 1 aliphatic rings. The minimum atomic E-state index is 0.112. The van der Waals surface area contributed by atoms with Crippen molar-refractivity contribution in [2.24, 2.45) is 5.92 Å². The summed E-state index contributed by atoms with van der Waals surface area (Å²) in [5, 5.41) is 8.45. The predicted octanol–water partition coefficient (Wildman–Crippen LogP) is 4.24. The third kappa shape index (κ3) is 4.82. The van der Waals surface area contributed by atoms with Crippen LogP contribution >= 0.6 is 23.1 Å². The quantitative estimate of drug-likeness (QED) is 0.808. The minimum Gasteiger partial charge on any atom is -0.326 e. The first-order chi connectivity index (χ1) is 11.6. The number of hydrogen-bond acceptors (Lipinski definition) is 5. The highest BCUT2D eigenvalue weighted by Gasteiger charge is 2.16. The molecule has 0 bridgehead atoms. The third-order valence-electron chi connectivity index (χ3n) is 4.22. The minimum absolute atomic E-state index is 0.112. The Kier molecular flexibility index (Phi) is 5.92. The Bertz CT molecular complexity index is 708. The third-order valence-corrected chi connectivity index (χ3v) is 6.26. The molecule has 128 valence electrons. The summed E-state index contributed by atoms with van der Waals surface area (Å²) in [4.78, 5) is 17.8. The number of carbonyl (C=O) groups excluding carboxylic acids is 1. The van der Waals surface area contributed by atoms with Crippen LogP contribution in [0, 0.1) is 19.8 Å². The molecule has 1 fully saturated rings. The lowest BCUT2D eigenvalue weighted by Gasteiger charge is -2.11. The van der Waals surface area contributed by atoms with Crippen molar-refractivity contribution in [2.45, 2.75) is 42.3 Å². The van der Waals surface area contributed by atoms with Gasteiger partial charge in [0.15, 0.2) is 4.34 Å². The van der Waals surface area contributed by atoms with E-state index in [1.54, 1.807) is 23.1 Å². The molecule has 1 aliphatic heterocycles. The molecule has 1 aromatic heterocycles. The van der Waals surface area contributed by atoms with Gasteiger partial charge in [0.2, 0.25) is 5.91 Å². The number of aromatic nitrogens is 1. The number of nitrogens with zero attached hydrogens (tertiary/aromatic N) is 1. The molecule has 1 aromatic carbocycles. The summed E-state index contributed by atoms with van der Waals surface area (Å²) in [6.07, 6.45) is 2.75. The molecule has 6 heteroatoms. The normalized spacial score (nSPS) is 17.2. The van der Waals surface area contributed by atoms with Gasteiger partial charge in [0.05, 0.1) is 0 Å². The highest BCUT2D eigenvalue weighted by molar-refractivity contribution is 8.01. The summed E-state index contributed by atoms with van der Waals surface area (Å²) in [5.74, 6) is 0.762. The zero-order chi connectivity index (χ0) is 16.9. The van der Waals surface area contributed by atoms with E-state index >= 15 is 0 Å². The van der Waals surface area contributed by atoms with Gasteiger partial charge in [-0.2, -0.15) is 0 Å². The molecule has 24 heavy (non-hydrogen) atoms. The van der Waals surface area contributed by atoms with E-state index in [-0.39, 0.29) is 5.91 Å². The fourth-order valence-corrected chi connectivity index (χ4v) is 4.74. The second-order valence-electron chi connectivity index (χ2n) is 6.28. The van der Waals surface area contributed by atoms with Crippen LogP contribution in [0.3, 0.4) is 0 Å². The molecule has 0 saturated carbocycles. The van der Waals surface area contributed by atoms with Crippen molar-refractivity contribution < 1.29 is 4.79 Å². The highest BCUT2D eigenvalue weighted by Crippen LogP contribution is 2.32. The number of rotatable bonds is 6. The van der Waals surface area contributed by atoms with Gasteiger partial charge < -0.3 is 10.6 Å². The van der Waals surface area contributed by atoms with Crippen LogP contribution in [0.5, 0.6) is 0 Å². The first kappa shape index (κ1) is 17.5. The molecule has 3 rings (SSSR count). The Balaban J connectivity index is 1.54. The van der Waals surface area contributed by atoms with Crippen molar-refractivity contribution in [1.82, 2.24) is 10.3 Å². The largest absolute Gasteiger partial charge is 0.326 e. The fraction of sp³-hybridized carbons (Fsp3) is 0.444. The number of aryl methyl sites for hydroxylation is 2. The van der Waals surface area contributed by atoms with Crippen molar-refractivity contribution in [3.05, 3.63) is 34.8 Å². The molecular formula is C18H23N3OS2. The van der Waals surface area contributed by atoms with Crippen LogP contribution in [-0.4, -0.2) is 24.0 Å². The molecule has 4 nitrogen and oxygen atoms in total. The van der Waals surface area contributed by atoms with Gasteiger partial charge in [0.25, 0.3) is 0 Å². The topological polar surface area (TPSA) is 54.0 Å². The summed E-state index contributed by atoms with van der Waals surface area (Å²) in [7, 11) is 0. The maximum atomic E-state index is 12.2. The molecule has 1 saturated heterocycles. The van der Waals surface area contributed by atoms with Gasteiger partial charge in [-0.3, -0.25) is 4.79 Å². The monoisotopic (exact) mass is 361 g/mol. The Morgan fingerprint density at radius 3 is 3.00 bits per heavy atom. The van der Waals surface area contributed by atoms with Gasteiger partial charge >= 0.3 is 0 Å². The summed E-state index contributed by atoms with van der Waals surface area (Å²) in [6.45, 7) is 6.18. The number of hydrogen-bond donors (Lipinski definition) is 2. The van der Waals surface area contributed by atoms with Crippen molar-refractivity contribution in [3.8, 4) is 0 Å². The predicted molar refractivity (Wildman–Crippen MR) is 101 cm³/mol. The van der Waals surface area contributed by atoms with Crippen molar-refractivity contribution >= 4 is 34.7 Å². The molecule has 2 aromatic rings. The number of nitrogens with one attached hydrogen (secondary N) is 2. The SMILES string of the molecule is Cc1csc(Sc2ccc(NC(=O)CCC3CCNC3)c(C)c2)n1. The highest BCUT2D eigenvalue weighted by atomic mass is 32.2. The molecule has 0 radical (unpaired) electrons. The number of anilines is 1. The van der Waals surface area contributed by atoms with Crippen LogP contribution in [0.25, 0.3) is 0 Å². The second-order valence-corrected chi connectivity index (χ2v) is 8.46. The van der Waals surface area contributed by atoms with Gasteiger partial charge in [-0.25, -0.2) is 4.98 Å². The molecule has 1 amide bonds. The standard InChI is InChI=1S/C18H23N3OS2/c1-12-9-15(24-18-20-13(2)11-23-18)4-5-16(12)21-17(22)6-3-14-7-8-19-10-14/h4-5,9,11,14,19H,3,6-8,10H2,1-2H3,(H,21,22). The molecule has 0 aliphatic carbocycles. The summed E-state index contributed by atoms with van der Waals surface area (Å²) in [6, 6.07) is 6.15. The molecule has 0 spiro atoms. The van der Waals surface area contributed by atoms with Crippen LogP contribution in [0.1, 0.15) is 30.5 Å². The van der Waals surface area contributed by atoms with E-state index in [2.05, 4.69) is 27.1 Å². The van der Waals surface area contributed by atoms with E-state index < -0.39 is 0 Å². The van der Waals surface area contributed by atoms with Crippen molar-refractivity contribution in [3.63, 3.8) is 0 Å². The van der Waals surface area contributed by atoms with Gasteiger partial charge in [-0.05, 0) is 69.5 Å². The molecular weight excluding hydrogens is 338 g/mol. The summed E-state index contributed by atoms with van der Waals surface area (Å²) >= 11 is 3.33. The van der Waals surface area contributed by atoms with E-state index in [9.17, 15) is 4.79 Å². The van der Waals surface area contributed by atoms with Crippen LogP contribution in [0.15, 0.2) is 32.8 Å². The van der Waals surface area contributed by atoms with Crippen LogP contribution < -0.4 is 10.6 Å². The molecule has 2 N–H and O–H groups in total. The van der Waals surface area contributed by atoms with E-state index in [1.807, 2.05) is 26.0 Å². The zero-order valence-corrected chi connectivity index (χ0v) is 15.7. The number of thiazole rings is 1. The van der Waals surface area contributed by atoms with E-state index in [4.69, 9.17) is 0 Å². The first-order valence-electron chi connectivity index (χ1n) is 8.31. The van der Waals surface area contributed by atoms with E-state index in [0.29, 0.717) is 12.3 Å². The van der Waals surface area contributed by atoms with Crippen molar-refractivity contribution in [1.29, 1.82) is 0 Å². The maximum absolute atomic E-state index is 12.2. The Hall–Kier alpha value is -1.37. The smallest absolute Gasteiger partial charge is 0.224 e.